The van der Waals surface area contributed by atoms with Gasteiger partial charge in [0.25, 0.3) is 0 Å². The maximum absolute atomic E-state index is 13.2. The minimum Gasteiger partial charge on any atom is -0.260 e. The Kier molecular flexibility index (Phi) is 7.12. The maximum atomic E-state index is 13.2. The predicted molar refractivity (Wildman–Crippen MR) is 116 cm³/mol. The fourth-order valence-corrected chi connectivity index (χ4v) is 4.86. The number of hydrogen-bond acceptors (Lipinski definition) is 3. The van der Waals surface area contributed by atoms with E-state index in [1.165, 1.54) is 4.31 Å². The molecule has 0 spiro atoms. The molecule has 3 aromatic rings. The number of pyridine rings is 1. The number of sulfonamides is 1. The molecule has 1 aromatic heterocycles. The van der Waals surface area contributed by atoms with Crippen molar-refractivity contribution in [2.75, 3.05) is 6.54 Å². The second-order valence-corrected chi connectivity index (χ2v) is 9.80. The van der Waals surface area contributed by atoms with Crippen LogP contribution < -0.4 is 0 Å². The number of nitrogens with zero attached hydrogens (tertiary/aromatic N) is 2. The van der Waals surface area contributed by atoms with Gasteiger partial charge in [-0.1, -0.05) is 51.3 Å². The van der Waals surface area contributed by atoms with Crippen LogP contribution in [0.15, 0.2) is 76.2 Å². The van der Waals surface area contributed by atoms with E-state index in [9.17, 15) is 8.42 Å². The van der Waals surface area contributed by atoms with E-state index in [2.05, 4.69) is 20.9 Å². The van der Waals surface area contributed by atoms with Gasteiger partial charge in [0.1, 0.15) is 0 Å². The topological polar surface area (TPSA) is 50.3 Å². The fourth-order valence-electron chi connectivity index (χ4n) is 2.68. The van der Waals surface area contributed by atoms with Crippen LogP contribution in [0.25, 0.3) is 0 Å². The van der Waals surface area contributed by atoms with Crippen molar-refractivity contribution in [3.63, 3.8) is 0 Å². The molecule has 0 aliphatic carbocycles. The summed E-state index contributed by atoms with van der Waals surface area (Å²) in [5, 5.41) is 1.06. The number of benzene rings is 2. The van der Waals surface area contributed by atoms with Crippen LogP contribution in [0.3, 0.4) is 0 Å². The molecule has 8 heteroatoms. The number of hydrogen-bond donors (Lipinski definition) is 0. The molecule has 0 bridgehead atoms. The molecule has 4 nitrogen and oxygen atoms in total. The largest absolute Gasteiger partial charge is 0.260 e. The standard InChI is InChI=1S/C20H17BrCl2N2O2S/c21-16-5-8-19(9-6-16)28(26,27)25(14-18-3-1-2-11-24-18)12-10-15-4-7-17(22)13-20(15)23/h1-9,11,13H,10,12,14H2. The minimum absolute atomic E-state index is 0.171. The van der Waals surface area contributed by atoms with E-state index < -0.39 is 10.0 Å². The summed E-state index contributed by atoms with van der Waals surface area (Å²) < 4.78 is 28.7. The first-order chi connectivity index (χ1) is 13.4. The first kappa shape index (κ1) is 21.3. The monoisotopic (exact) mass is 498 g/mol. The summed E-state index contributed by atoms with van der Waals surface area (Å²) in [7, 11) is -3.70. The lowest BCUT2D eigenvalue weighted by Crippen LogP contribution is -2.33. The third kappa shape index (κ3) is 5.33. The van der Waals surface area contributed by atoms with Crippen molar-refractivity contribution in [2.45, 2.75) is 17.9 Å². The Morgan fingerprint density at radius 3 is 2.39 bits per heavy atom. The molecule has 0 N–H and O–H groups in total. The third-order valence-electron chi connectivity index (χ3n) is 4.16. The average molecular weight is 500 g/mol. The van der Waals surface area contributed by atoms with Crippen LogP contribution in [0.4, 0.5) is 0 Å². The van der Waals surface area contributed by atoms with Crippen LogP contribution >= 0.6 is 39.1 Å². The highest BCUT2D eigenvalue weighted by molar-refractivity contribution is 9.10. The lowest BCUT2D eigenvalue weighted by Gasteiger charge is -2.22. The Balaban J connectivity index is 1.89. The summed E-state index contributed by atoms with van der Waals surface area (Å²) in [6.07, 6.45) is 2.11. The number of aromatic nitrogens is 1. The van der Waals surface area contributed by atoms with Crippen LogP contribution in [-0.4, -0.2) is 24.3 Å². The summed E-state index contributed by atoms with van der Waals surface area (Å²) >= 11 is 15.5. The fraction of sp³-hybridized carbons (Fsp3) is 0.150. The van der Waals surface area contributed by atoms with Gasteiger partial charge in [-0.25, -0.2) is 8.42 Å². The normalized spacial score (nSPS) is 11.7. The molecule has 0 fully saturated rings. The molecule has 3 rings (SSSR count). The van der Waals surface area contributed by atoms with Crippen LogP contribution in [0.2, 0.25) is 10.0 Å². The molecule has 28 heavy (non-hydrogen) atoms. The van der Waals surface area contributed by atoms with Crippen molar-refractivity contribution in [1.29, 1.82) is 0 Å². The van der Waals surface area contributed by atoms with E-state index >= 15 is 0 Å². The van der Waals surface area contributed by atoms with E-state index in [-0.39, 0.29) is 18.0 Å². The van der Waals surface area contributed by atoms with Gasteiger partial charge in [0.2, 0.25) is 10.0 Å². The molecule has 1 heterocycles. The molecule has 0 aliphatic rings. The Morgan fingerprint density at radius 2 is 1.75 bits per heavy atom. The second kappa shape index (κ2) is 9.37. The molecular weight excluding hydrogens is 483 g/mol. The zero-order chi connectivity index (χ0) is 20.1. The molecule has 0 radical (unpaired) electrons. The van der Waals surface area contributed by atoms with Gasteiger partial charge in [-0.3, -0.25) is 4.98 Å². The first-order valence-electron chi connectivity index (χ1n) is 8.46. The number of rotatable bonds is 7. The van der Waals surface area contributed by atoms with Crippen LogP contribution in [-0.2, 0) is 23.0 Å². The smallest absolute Gasteiger partial charge is 0.243 e. The van der Waals surface area contributed by atoms with Crippen molar-refractivity contribution in [2.24, 2.45) is 0 Å². The molecule has 0 unspecified atom stereocenters. The first-order valence-corrected chi connectivity index (χ1v) is 11.4. The van der Waals surface area contributed by atoms with Crippen molar-refractivity contribution in [1.82, 2.24) is 9.29 Å². The second-order valence-electron chi connectivity index (χ2n) is 6.10. The lowest BCUT2D eigenvalue weighted by atomic mass is 10.1. The van der Waals surface area contributed by atoms with Crippen molar-refractivity contribution >= 4 is 49.2 Å². The molecule has 0 aliphatic heterocycles. The van der Waals surface area contributed by atoms with Crippen molar-refractivity contribution < 1.29 is 8.42 Å². The zero-order valence-corrected chi connectivity index (χ0v) is 18.6. The lowest BCUT2D eigenvalue weighted by molar-refractivity contribution is 0.405. The van der Waals surface area contributed by atoms with E-state index in [0.29, 0.717) is 22.2 Å². The minimum atomic E-state index is -3.70. The number of halogens is 3. The van der Waals surface area contributed by atoms with E-state index in [0.717, 1.165) is 10.0 Å². The quantitative estimate of drug-likeness (QED) is 0.426. The molecule has 0 amide bonds. The zero-order valence-electron chi connectivity index (χ0n) is 14.7. The Labute approximate surface area is 183 Å². The van der Waals surface area contributed by atoms with E-state index in [1.807, 2.05) is 12.1 Å². The molecular formula is C20H17BrCl2N2O2S. The Bertz CT molecular complexity index is 1050. The highest BCUT2D eigenvalue weighted by atomic mass is 79.9. The van der Waals surface area contributed by atoms with Crippen LogP contribution in [0.5, 0.6) is 0 Å². The van der Waals surface area contributed by atoms with Gasteiger partial charge in [-0.15, -0.1) is 0 Å². The van der Waals surface area contributed by atoms with E-state index in [4.69, 9.17) is 23.2 Å². The summed E-state index contributed by atoms with van der Waals surface area (Å²) in [6.45, 7) is 0.431. The van der Waals surface area contributed by atoms with E-state index in [1.54, 1.807) is 54.7 Å². The summed E-state index contributed by atoms with van der Waals surface area (Å²) in [5.41, 5.74) is 1.51. The SMILES string of the molecule is O=S(=O)(c1ccc(Br)cc1)N(CCc1ccc(Cl)cc1Cl)Cc1ccccn1. The molecule has 0 saturated carbocycles. The molecule has 0 saturated heterocycles. The summed E-state index contributed by atoms with van der Waals surface area (Å²) in [6, 6.07) is 17.2. The highest BCUT2D eigenvalue weighted by Gasteiger charge is 2.25. The Morgan fingerprint density at radius 1 is 1.00 bits per heavy atom. The average Bonchev–Trinajstić information content (AvgIpc) is 2.67. The van der Waals surface area contributed by atoms with Gasteiger partial charge in [-0.2, -0.15) is 4.31 Å². The molecule has 2 aromatic carbocycles. The molecule has 146 valence electrons. The van der Waals surface area contributed by atoms with Crippen molar-refractivity contribution in [3.8, 4) is 0 Å². The Hall–Kier alpha value is -1.44. The third-order valence-corrected chi connectivity index (χ3v) is 7.14. The van der Waals surface area contributed by atoms with Gasteiger partial charge < -0.3 is 0 Å². The van der Waals surface area contributed by atoms with Crippen molar-refractivity contribution in [3.05, 3.63) is 92.6 Å². The van der Waals surface area contributed by atoms with Crippen LogP contribution in [0.1, 0.15) is 11.3 Å². The van der Waals surface area contributed by atoms with Gasteiger partial charge in [0.05, 0.1) is 17.1 Å². The van der Waals surface area contributed by atoms with Gasteiger partial charge in [-0.05, 0) is 60.5 Å². The van der Waals surface area contributed by atoms with Crippen LogP contribution in [0, 0.1) is 0 Å². The highest BCUT2D eigenvalue weighted by Crippen LogP contribution is 2.24. The predicted octanol–water partition coefficient (Wildman–Crippen LogP) is 5.58. The molecule has 0 atom stereocenters. The summed E-state index contributed by atoms with van der Waals surface area (Å²) in [4.78, 5) is 4.50. The van der Waals surface area contributed by atoms with Gasteiger partial charge in [0, 0.05) is 27.3 Å². The van der Waals surface area contributed by atoms with Gasteiger partial charge >= 0.3 is 0 Å². The summed E-state index contributed by atoms with van der Waals surface area (Å²) in [5.74, 6) is 0. The maximum Gasteiger partial charge on any atom is 0.243 e. The van der Waals surface area contributed by atoms with Gasteiger partial charge in [0.15, 0.2) is 0 Å².